The standard InChI is InChI=1S/C44H55ClN2Si2/c1-43(2,3)32-16-20-34(21-17-32)46(35-22-18-33(19-23-35)44(4,5)6)40-14-13-15-41(42(40)45)47(36-24-28-38(29-25-36)48(7,8)9)37-26-30-39(31-27-37)49(10,11)12/h13-31H,1-12H3. The molecule has 0 bridgehead atoms. The zero-order valence-corrected chi connectivity index (χ0v) is 34.5. The van der Waals surface area contributed by atoms with Gasteiger partial charge in [0.15, 0.2) is 0 Å². The molecule has 49 heavy (non-hydrogen) atoms. The molecule has 5 heteroatoms. The van der Waals surface area contributed by atoms with E-state index in [1.54, 1.807) is 0 Å². The molecule has 0 amide bonds. The second-order valence-corrected chi connectivity index (χ2v) is 28.0. The molecule has 0 saturated carbocycles. The summed E-state index contributed by atoms with van der Waals surface area (Å²) in [5.41, 5.74) is 8.94. The van der Waals surface area contributed by atoms with Crippen molar-refractivity contribution in [2.45, 2.75) is 91.7 Å². The summed E-state index contributed by atoms with van der Waals surface area (Å²) in [5, 5.41) is 3.58. The minimum atomic E-state index is -1.47. The van der Waals surface area contributed by atoms with Crippen LogP contribution in [0.25, 0.3) is 0 Å². The molecular formula is C44H55ClN2Si2. The number of rotatable bonds is 8. The predicted molar refractivity (Wildman–Crippen MR) is 224 cm³/mol. The Morgan fingerprint density at radius 1 is 0.408 bits per heavy atom. The minimum Gasteiger partial charge on any atom is -0.309 e. The molecule has 2 nitrogen and oxygen atoms in total. The van der Waals surface area contributed by atoms with Crippen molar-refractivity contribution in [3.8, 4) is 0 Å². The lowest BCUT2D eigenvalue weighted by molar-refractivity contribution is 0.590. The molecule has 0 aliphatic heterocycles. The Kier molecular flexibility index (Phi) is 10.2. The van der Waals surface area contributed by atoms with Crippen molar-refractivity contribution in [3.63, 3.8) is 0 Å². The lowest BCUT2D eigenvalue weighted by atomic mass is 9.86. The number of anilines is 6. The summed E-state index contributed by atoms with van der Waals surface area (Å²) in [6, 6.07) is 42.6. The van der Waals surface area contributed by atoms with Gasteiger partial charge in [0.2, 0.25) is 0 Å². The van der Waals surface area contributed by atoms with Gasteiger partial charge in [-0.1, -0.05) is 157 Å². The minimum absolute atomic E-state index is 0.0613. The van der Waals surface area contributed by atoms with E-state index >= 15 is 0 Å². The topological polar surface area (TPSA) is 6.48 Å². The summed E-state index contributed by atoms with van der Waals surface area (Å²) in [6.07, 6.45) is 0. The zero-order chi connectivity index (χ0) is 35.9. The molecule has 0 radical (unpaired) electrons. The van der Waals surface area contributed by atoms with Crippen LogP contribution in [-0.2, 0) is 10.8 Å². The van der Waals surface area contributed by atoms with Crippen LogP contribution >= 0.6 is 11.6 Å². The Balaban J connectivity index is 1.71. The molecule has 0 fully saturated rings. The summed E-state index contributed by atoms with van der Waals surface area (Å²) < 4.78 is 0. The summed E-state index contributed by atoms with van der Waals surface area (Å²) in [7, 11) is -2.93. The van der Waals surface area contributed by atoms with Crippen LogP contribution in [0.5, 0.6) is 0 Å². The first-order chi connectivity index (χ1) is 22.7. The van der Waals surface area contributed by atoms with Crippen molar-refractivity contribution in [2.24, 2.45) is 0 Å². The second-order valence-electron chi connectivity index (χ2n) is 17.5. The van der Waals surface area contributed by atoms with E-state index in [4.69, 9.17) is 11.6 Å². The fraction of sp³-hybridized carbons (Fsp3) is 0.318. The van der Waals surface area contributed by atoms with E-state index in [0.29, 0.717) is 5.02 Å². The maximum Gasteiger partial charge on any atom is 0.0887 e. The van der Waals surface area contributed by atoms with Gasteiger partial charge in [0, 0.05) is 22.7 Å². The van der Waals surface area contributed by atoms with Gasteiger partial charge in [-0.3, -0.25) is 0 Å². The average Bonchev–Trinajstić information content (AvgIpc) is 3.02. The fourth-order valence-electron chi connectivity index (χ4n) is 6.15. The highest BCUT2D eigenvalue weighted by atomic mass is 35.5. The quantitative estimate of drug-likeness (QED) is 0.149. The maximum absolute atomic E-state index is 7.64. The molecule has 0 saturated heterocycles. The van der Waals surface area contributed by atoms with Gasteiger partial charge >= 0.3 is 0 Å². The van der Waals surface area contributed by atoms with Crippen LogP contribution < -0.4 is 20.2 Å². The Morgan fingerprint density at radius 2 is 0.673 bits per heavy atom. The van der Waals surface area contributed by atoms with Gasteiger partial charge in [-0.05, 0) is 82.6 Å². The van der Waals surface area contributed by atoms with Crippen molar-refractivity contribution in [3.05, 3.63) is 131 Å². The van der Waals surface area contributed by atoms with Crippen LogP contribution in [-0.4, -0.2) is 16.1 Å². The first-order valence-electron chi connectivity index (χ1n) is 17.6. The number of halogens is 1. The Hall–Kier alpha value is -3.58. The molecule has 256 valence electrons. The Labute approximate surface area is 303 Å². The van der Waals surface area contributed by atoms with E-state index < -0.39 is 16.1 Å². The molecule has 0 heterocycles. The lowest BCUT2D eigenvalue weighted by Gasteiger charge is -2.32. The third kappa shape index (κ3) is 8.25. The van der Waals surface area contributed by atoms with Gasteiger partial charge < -0.3 is 9.80 Å². The average molecular weight is 704 g/mol. The smallest absolute Gasteiger partial charge is 0.0887 e. The first kappa shape index (κ1) is 36.7. The third-order valence-electron chi connectivity index (χ3n) is 9.41. The van der Waals surface area contributed by atoms with Gasteiger partial charge in [-0.2, -0.15) is 0 Å². The first-order valence-corrected chi connectivity index (χ1v) is 24.9. The molecular weight excluding hydrogens is 648 g/mol. The zero-order valence-electron chi connectivity index (χ0n) is 31.7. The summed E-state index contributed by atoms with van der Waals surface area (Å²) >= 11 is 7.64. The van der Waals surface area contributed by atoms with Gasteiger partial charge in [-0.15, -0.1) is 0 Å². The number of hydrogen-bond donors (Lipinski definition) is 0. The molecule has 0 aliphatic carbocycles. The van der Waals surface area contributed by atoms with Crippen LogP contribution in [0.1, 0.15) is 52.7 Å². The van der Waals surface area contributed by atoms with Crippen LogP contribution in [0, 0.1) is 0 Å². The highest BCUT2D eigenvalue weighted by Gasteiger charge is 2.25. The Morgan fingerprint density at radius 3 is 0.918 bits per heavy atom. The van der Waals surface area contributed by atoms with Gasteiger partial charge in [-0.25, -0.2) is 0 Å². The number of nitrogens with zero attached hydrogens (tertiary/aromatic N) is 2. The number of benzene rings is 5. The lowest BCUT2D eigenvalue weighted by Crippen LogP contribution is -2.37. The molecule has 5 aromatic carbocycles. The van der Waals surface area contributed by atoms with Crippen molar-refractivity contribution in [1.82, 2.24) is 0 Å². The highest BCUT2D eigenvalue weighted by Crippen LogP contribution is 2.47. The van der Waals surface area contributed by atoms with Crippen molar-refractivity contribution in [1.29, 1.82) is 0 Å². The van der Waals surface area contributed by atoms with Gasteiger partial charge in [0.25, 0.3) is 0 Å². The van der Waals surface area contributed by atoms with E-state index in [1.807, 2.05) is 0 Å². The van der Waals surface area contributed by atoms with E-state index in [1.165, 1.54) is 21.5 Å². The molecule has 0 aliphatic rings. The van der Waals surface area contributed by atoms with Crippen LogP contribution in [0.3, 0.4) is 0 Å². The molecule has 5 rings (SSSR count). The van der Waals surface area contributed by atoms with Gasteiger partial charge in [0.1, 0.15) is 0 Å². The maximum atomic E-state index is 7.64. The summed E-state index contributed by atoms with van der Waals surface area (Å²) in [4.78, 5) is 4.61. The largest absolute Gasteiger partial charge is 0.309 e. The van der Waals surface area contributed by atoms with Crippen molar-refractivity contribution >= 4 is 72.2 Å². The van der Waals surface area contributed by atoms with E-state index in [0.717, 1.165) is 34.1 Å². The number of hydrogen-bond acceptors (Lipinski definition) is 2. The molecule has 0 aromatic heterocycles. The Bertz CT molecular complexity index is 1620. The highest BCUT2D eigenvalue weighted by molar-refractivity contribution is 6.89. The van der Waals surface area contributed by atoms with Crippen molar-refractivity contribution in [2.75, 3.05) is 9.80 Å². The fourth-order valence-corrected chi connectivity index (χ4v) is 8.78. The SMILES string of the molecule is CC(C)(C)c1ccc(N(c2ccc(C(C)(C)C)cc2)c2cccc(N(c3ccc([Si](C)(C)C)cc3)c3ccc([Si](C)(C)C)cc3)c2Cl)cc1. The predicted octanol–water partition coefficient (Wildman–Crippen LogP) is 13.0. The molecule has 0 atom stereocenters. The molecule has 0 N–H and O–H groups in total. The molecule has 5 aromatic rings. The molecule has 0 unspecified atom stereocenters. The van der Waals surface area contributed by atoms with Crippen LogP contribution in [0.15, 0.2) is 115 Å². The van der Waals surface area contributed by atoms with E-state index in [9.17, 15) is 0 Å². The van der Waals surface area contributed by atoms with Crippen LogP contribution in [0.2, 0.25) is 44.3 Å². The van der Waals surface area contributed by atoms with E-state index in [-0.39, 0.29) is 10.8 Å². The summed E-state index contributed by atoms with van der Waals surface area (Å²) in [6.45, 7) is 27.9. The normalized spacial score (nSPS) is 12.6. The van der Waals surface area contributed by atoms with Gasteiger partial charge in [0.05, 0.1) is 32.5 Å². The van der Waals surface area contributed by atoms with E-state index in [2.05, 4.69) is 206 Å². The molecule has 0 spiro atoms. The van der Waals surface area contributed by atoms with Crippen LogP contribution in [0.4, 0.5) is 34.1 Å². The third-order valence-corrected chi connectivity index (χ3v) is 13.9. The summed E-state index contributed by atoms with van der Waals surface area (Å²) in [5.74, 6) is 0. The second kappa shape index (κ2) is 13.6. The van der Waals surface area contributed by atoms with Crippen molar-refractivity contribution < 1.29 is 0 Å². The monoisotopic (exact) mass is 702 g/mol.